The summed E-state index contributed by atoms with van der Waals surface area (Å²) >= 11 is 1.57. The highest BCUT2D eigenvalue weighted by Crippen LogP contribution is 2.42. The fourth-order valence-corrected chi connectivity index (χ4v) is 2.73. The number of nitrogens with zero attached hydrogens (tertiary/aromatic N) is 2. The van der Waals surface area contributed by atoms with Crippen molar-refractivity contribution in [3.8, 4) is 0 Å². The molecule has 1 aliphatic rings. The summed E-state index contributed by atoms with van der Waals surface area (Å²) in [5.74, 6) is 0.836. The molecule has 1 unspecified atom stereocenters. The van der Waals surface area contributed by atoms with Crippen molar-refractivity contribution >= 4 is 11.5 Å². The maximum atomic E-state index is 4.18. The minimum Gasteiger partial charge on any atom is -0.309 e. The molecule has 1 atom stereocenters. The van der Waals surface area contributed by atoms with Gasteiger partial charge in [0.05, 0.1) is 10.6 Å². The first-order chi connectivity index (χ1) is 6.86. The Morgan fingerprint density at radius 1 is 1.50 bits per heavy atom. The molecule has 1 fully saturated rings. The molecule has 1 aromatic heterocycles. The Kier molecular flexibility index (Phi) is 3.13. The van der Waals surface area contributed by atoms with E-state index in [0.29, 0.717) is 6.04 Å². The Morgan fingerprint density at radius 3 is 2.86 bits per heavy atom. The molecular weight excluding hydrogens is 194 g/mol. The lowest BCUT2D eigenvalue weighted by atomic mass is 10.1. The first kappa shape index (κ1) is 10.1. The van der Waals surface area contributed by atoms with Gasteiger partial charge in [0.2, 0.25) is 0 Å². The van der Waals surface area contributed by atoms with Crippen molar-refractivity contribution < 1.29 is 0 Å². The Morgan fingerprint density at radius 2 is 2.29 bits per heavy atom. The van der Waals surface area contributed by atoms with E-state index in [2.05, 4.69) is 28.8 Å². The maximum Gasteiger partial charge on any atom is 0.0801 e. The van der Waals surface area contributed by atoms with Gasteiger partial charge in [0.1, 0.15) is 0 Å². The summed E-state index contributed by atoms with van der Waals surface area (Å²) in [4.78, 5) is 1.37. The van der Waals surface area contributed by atoms with Crippen LogP contribution in [0.2, 0.25) is 0 Å². The van der Waals surface area contributed by atoms with Crippen LogP contribution in [0.4, 0.5) is 0 Å². The second-order valence-electron chi connectivity index (χ2n) is 3.81. The summed E-state index contributed by atoms with van der Waals surface area (Å²) in [5, 5.41) is 7.73. The third-order valence-electron chi connectivity index (χ3n) is 2.72. The van der Waals surface area contributed by atoms with Crippen molar-refractivity contribution in [2.75, 3.05) is 6.54 Å². The Hall–Kier alpha value is -0.480. The van der Waals surface area contributed by atoms with Gasteiger partial charge in [-0.15, -0.1) is 5.10 Å². The highest BCUT2D eigenvalue weighted by Gasteiger charge is 2.34. The fraction of sp³-hybridized carbons (Fsp3) is 0.800. The third kappa shape index (κ3) is 1.96. The molecule has 14 heavy (non-hydrogen) atoms. The normalized spacial score (nSPS) is 18.4. The number of aromatic nitrogens is 2. The van der Waals surface area contributed by atoms with E-state index in [1.165, 1.54) is 23.4 Å². The van der Waals surface area contributed by atoms with Gasteiger partial charge in [0.15, 0.2) is 0 Å². The number of hydrogen-bond donors (Lipinski definition) is 1. The quantitative estimate of drug-likeness (QED) is 0.811. The van der Waals surface area contributed by atoms with Gasteiger partial charge < -0.3 is 5.32 Å². The Labute approximate surface area is 89.1 Å². The highest BCUT2D eigenvalue weighted by atomic mass is 32.1. The molecule has 0 bridgehead atoms. The zero-order chi connectivity index (χ0) is 9.97. The van der Waals surface area contributed by atoms with E-state index in [1.807, 2.05) is 0 Å². The van der Waals surface area contributed by atoms with Crippen LogP contribution >= 0.6 is 11.5 Å². The lowest BCUT2D eigenvalue weighted by molar-refractivity contribution is 0.499. The second-order valence-corrected chi connectivity index (χ2v) is 4.60. The van der Waals surface area contributed by atoms with E-state index in [-0.39, 0.29) is 0 Å². The maximum absolute atomic E-state index is 4.18. The predicted molar refractivity (Wildman–Crippen MR) is 58.4 cm³/mol. The molecule has 0 radical (unpaired) electrons. The van der Waals surface area contributed by atoms with E-state index in [4.69, 9.17) is 0 Å². The van der Waals surface area contributed by atoms with Crippen LogP contribution in [0.1, 0.15) is 43.3 Å². The summed E-state index contributed by atoms with van der Waals surface area (Å²) in [6, 6.07) is 0.523. The van der Waals surface area contributed by atoms with Gasteiger partial charge in [0.25, 0.3) is 0 Å². The molecule has 3 nitrogen and oxygen atoms in total. The number of rotatable bonds is 5. The van der Waals surface area contributed by atoms with Crippen LogP contribution in [0, 0.1) is 5.92 Å². The topological polar surface area (TPSA) is 37.8 Å². The summed E-state index contributed by atoms with van der Waals surface area (Å²) < 4.78 is 4.06. The van der Waals surface area contributed by atoms with Gasteiger partial charge in [-0.3, -0.25) is 0 Å². The molecule has 1 aromatic rings. The smallest absolute Gasteiger partial charge is 0.0801 e. The van der Waals surface area contributed by atoms with Crippen LogP contribution in [-0.2, 0) is 6.42 Å². The number of hydrogen-bond acceptors (Lipinski definition) is 4. The summed E-state index contributed by atoms with van der Waals surface area (Å²) in [6.45, 7) is 5.34. The molecule has 1 saturated carbocycles. The monoisotopic (exact) mass is 211 g/mol. The molecule has 0 spiro atoms. The van der Waals surface area contributed by atoms with Gasteiger partial charge in [-0.2, -0.15) is 0 Å². The molecule has 0 aromatic carbocycles. The molecule has 0 aliphatic heterocycles. The van der Waals surface area contributed by atoms with Gasteiger partial charge in [0, 0.05) is 6.04 Å². The van der Waals surface area contributed by atoms with Gasteiger partial charge in [-0.1, -0.05) is 18.3 Å². The van der Waals surface area contributed by atoms with Crippen LogP contribution in [0.25, 0.3) is 0 Å². The first-order valence-electron chi connectivity index (χ1n) is 5.41. The molecule has 1 N–H and O–H groups in total. The number of aryl methyl sites for hydroxylation is 1. The average molecular weight is 211 g/mol. The third-order valence-corrected chi connectivity index (χ3v) is 3.57. The van der Waals surface area contributed by atoms with Crippen LogP contribution in [0.3, 0.4) is 0 Å². The largest absolute Gasteiger partial charge is 0.309 e. The van der Waals surface area contributed by atoms with Crippen molar-refractivity contribution in [2.24, 2.45) is 5.92 Å². The Balaban J connectivity index is 2.16. The van der Waals surface area contributed by atoms with E-state index in [0.717, 1.165) is 18.9 Å². The lowest BCUT2D eigenvalue weighted by Crippen LogP contribution is -2.22. The van der Waals surface area contributed by atoms with Crippen molar-refractivity contribution in [2.45, 2.75) is 39.2 Å². The second kappa shape index (κ2) is 4.36. The summed E-state index contributed by atoms with van der Waals surface area (Å²) in [5.41, 5.74) is 1.19. The zero-order valence-corrected chi connectivity index (χ0v) is 9.60. The van der Waals surface area contributed by atoms with Crippen LogP contribution in [0.15, 0.2) is 0 Å². The predicted octanol–water partition coefficient (Wildman–Crippen LogP) is 2.16. The van der Waals surface area contributed by atoms with Gasteiger partial charge in [-0.05, 0) is 43.3 Å². The van der Waals surface area contributed by atoms with E-state index in [1.54, 1.807) is 11.5 Å². The fourth-order valence-electron chi connectivity index (χ4n) is 1.82. The minimum atomic E-state index is 0.523. The molecule has 2 rings (SSSR count). The molecule has 1 heterocycles. The van der Waals surface area contributed by atoms with Crippen molar-refractivity contribution in [1.29, 1.82) is 0 Å². The van der Waals surface area contributed by atoms with Gasteiger partial charge >= 0.3 is 0 Å². The zero-order valence-electron chi connectivity index (χ0n) is 8.79. The lowest BCUT2D eigenvalue weighted by Gasteiger charge is -2.15. The van der Waals surface area contributed by atoms with Gasteiger partial charge in [-0.25, -0.2) is 0 Å². The molecular formula is C10H17N3S. The van der Waals surface area contributed by atoms with Crippen molar-refractivity contribution in [1.82, 2.24) is 14.9 Å². The molecule has 1 aliphatic carbocycles. The number of nitrogens with one attached hydrogen (secondary N) is 1. The molecule has 0 amide bonds. The summed E-state index contributed by atoms with van der Waals surface area (Å²) in [7, 11) is 0. The Bertz CT molecular complexity index is 293. The van der Waals surface area contributed by atoms with Crippen LogP contribution < -0.4 is 5.32 Å². The van der Waals surface area contributed by atoms with Crippen molar-refractivity contribution in [3.05, 3.63) is 10.6 Å². The van der Waals surface area contributed by atoms with E-state index in [9.17, 15) is 0 Å². The standard InChI is InChI=1S/C10H17N3S/c1-3-8-10(14-13-12-8)9(11-4-2)7-5-6-7/h7,9,11H,3-6H2,1-2H3. The van der Waals surface area contributed by atoms with Crippen LogP contribution in [0.5, 0.6) is 0 Å². The highest BCUT2D eigenvalue weighted by molar-refractivity contribution is 7.05. The molecule has 78 valence electrons. The van der Waals surface area contributed by atoms with E-state index < -0.39 is 0 Å². The average Bonchev–Trinajstić information content (AvgIpc) is 2.92. The first-order valence-corrected chi connectivity index (χ1v) is 6.18. The van der Waals surface area contributed by atoms with E-state index >= 15 is 0 Å². The SMILES string of the molecule is CCNC(c1snnc1CC)C1CC1. The van der Waals surface area contributed by atoms with Crippen LogP contribution in [-0.4, -0.2) is 16.1 Å². The molecule has 0 saturated heterocycles. The molecule has 4 heteroatoms. The minimum absolute atomic E-state index is 0.523. The summed E-state index contributed by atoms with van der Waals surface area (Å²) in [6.07, 6.45) is 3.72. The van der Waals surface area contributed by atoms with Crippen molar-refractivity contribution in [3.63, 3.8) is 0 Å².